The lowest BCUT2D eigenvalue weighted by atomic mass is 10.1. The number of aromatic amines is 1. The highest BCUT2D eigenvalue weighted by atomic mass is 32.2. The molecule has 0 aliphatic heterocycles. The van der Waals surface area contributed by atoms with E-state index in [1.807, 2.05) is 30.3 Å². The molecule has 0 aliphatic carbocycles. The van der Waals surface area contributed by atoms with E-state index in [4.69, 9.17) is 5.73 Å². The summed E-state index contributed by atoms with van der Waals surface area (Å²) in [5, 5.41) is 2.45. The summed E-state index contributed by atoms with van der Waals surface area (Å²) in [5.74, 6) is -0.514. The summed E-state index contributed by atoms with van der Waals surface area (Å²) in [6, 6.07) is 16.2. The molecule has 8 heteroatoms. The van der Waals surface area contributed by atoms with Crippen molar-refractivity contribution >= 4 is 23.5 Å². The van der Waals surface area contributed by atoms with Gasteiger partial charge in [0.05, 0.1) is 0 Å². The van der Waals surface area contributed by atoms with E-state index < -0.39 is 5.25 Å². The second-order valence-corrected chi connectivity index (χ2v) is 6.82. The second-order valence-electron chi connectivity index (χ2n) is 5.73. The molecule has 3 rings (SSSR count). The van der Waals surface area contributed by atoms with Crippen LogP contribution >= 0.6 is 11.8 Å². The Morgan fingerprint density at radius 2 is 1.89 bits per heavy atom. The molecule has 0 radical (unpaired) electrons. The Bertz CT molecular complexity index is 977. The Morgan fingerprint density at radius 3 is 2.56 bits per heavy atom. The lowest BCUT2D eigenvalue weighted by molar-refractivity contribution is -0.120. The molecule has 0 unspecified atom stereocenters. The molecule has 1 aromatic heterocycles. The van der Waals surface area contributed by atoms with Crippen molar-refractivity contribution in [3.63, 3.8) is 0 Å². The standard InChI is InChI=1S/C19H17FN4O2S/c20-14-8-6-12(7-9-14)11-22-18(26)17(13-4-2-1-3-5-13)27-19-23-15(21)10-16(25)24-19/h1-10,17H,11H2,(H,22,26)(H3,21,23,24,25)/t17-/m1/s1. The molecular weight excluding hydrogens is 367 g/mol. The lowest BCUT2D eigenvalue weighted by Gasteiger charge is -2.16. The summed E-state index contributed by atoms with van der Waals surface area (Å²) < 4.78 is 13.0. The van der Waals surface area contributed by atoms with Crippen LogP contribution in [-0.4, -0.2) is 15.9 Å². The molecule has 1 atom stereocenters. The van der Waals surface area contributed by atoms with Gasteiger partial charge in [0.2, 0.25) is 5.91 Å². The van der Waals surface area contributed by atoms with Crippen LogP contribution in [0.25, 0.3) is 0 Å². The molecular formula is C19H17FN4O2S. The highest BCUT2D eigenvalue weighted by Gasteiger charge is 2.23. The minimum absolute atomic E-state index is 0.0831. The van der Waals surface area contributed by atoms with E-state index in [2.05, 4.69) is 15.3 Å². The maximum Gasteiger partial charge on any atom is 0.253 e. The smallest absolute Gasteiger partial charge is 0.253 e. The van der Waals surface area contributed by atoms with Gasteiger partial charge in [-0.2, -0.15) is 0 Å². The maximum absolute atomic E-state index is 13.0. The van der Waals surface area contributed by atoms with Gasteiger partial charge in [0.15, 0.2) is 5.16 Å². The fraction of sp³-hybridized carbons (Fsp3) is 0.105. The fourth-order valence-electron chi connectivity index (χ4n) is 2.41. The van der Waals surface area contributed by atoms with E-state index in [1.54, 1.807) is 12.1 Å². The molecule has 138 valence electrons. The van der Waals surface area contributed by atoms with Gasteiger partial charge in [-0.25, -0.2) is 9.37 Å². The Hall–Kier alpha value is -3.13. The van der Waals surface area contributed by atoms with Crippen LogP contribution < -0.4 is 16.6 Å². The van der Waals surface area contributed by atoms with Crippen molar-refractivity contribution < 1.29 is 9.18 Å². The highest BCUT2D eigenvalue weighted by molar-refractivity contribution is 8.00. The number of aromatic nitrogens is 2. The number of hydrogen-bond donors (Lipinski definition) is 3. The predicted molar refractivity (Wildman–Crippen MR) is 103 cm³/mol. The van der Waals surface area contributed by atoms with E-state index in [1.165, 1.54) is 18.2 Å². The number of nitrogens with zero attached hydrogens (tertiary/aromatic N) is 1. The van der Waals surface area contributed by atoms with E-state index in [0.717, 1.165) is 22.9 Å². The fourth-order valence-corrected chi connectivity index (χ4v) is 3.43. The largest absolute Gasteiger partial charge is 0.383 e. The Morgan fingerprint density at radius 1 is 1.19 bits per heavy atom. The van der Waals surface area contributed by atoms with E-state index >= 15 is 0 Å². The summed E-state index contributed by atoms with van der Waals surface area (Å²) in [5.41, 5.74) is 6.76. The van der Waals surface area contributed by atoms with Crippen LogP contribution in [0.15, 0.2) is 70.6 Å². The van der Waals surface area contributed by atoms with Gasteiger partial charge in [-0.05, 0) is 23.3 Å². The normalized spacial score (nSPS) is 11.7. The van der Waals surface area contributed by atoms with Crippen LogP contribution in [0.1, 0.15) is 16.4 Å². The van der Waals surface area contributed by atoms with Crippen LogP contribution in [-0.2, 0) is 11.3 Å². The zero-order valence-corrected chi connectivity index (χ0v) is 15.0. The van der Waals surface area contributed by atoms with Gasteiger partial charge in [-0.1, -0.05) is 54.2 Å². The average Bonchev–Trinajstić information content (AvgIpc) is 2.65. The zero-order chi connectivity index (χ0) is 19.2. The number of nitrogens with one attached hydrogen (secondary N) is 2. The van der Waals surface area contributed by atoms with Crippen molar-refractivity contribution in [2.45, 2.75) is 17.0 Å². The van der Waals surface area contributed by atoms with Gasteiger partial charge in [-0.3, -0.25) is 9.59 Å². The number of thioether (sulfide) groups is 1. The monoisotopic (exact) mass is 384 g/mol. The number of H-pyrrole nitrogens is 1. The topological polar surface area (TPSA) is 101 Å². The van der Waals surface area contributed by atoms with Gasteiger partial charge in [0.1, 0.15) is 16.9 Å². The molecule has 1 heterocycles. The summed E-state index contributed by atoms with van der Waals surface area (Å²) in [4.78, 5) is 31.1. The van der Waals surface area contributed by atoms with Crippen LogP contribution in [0.4, 0.5) is 10.2 Å². The SMILES string of the molecule is Nc1cc(=O)[nH]c(S[C@@H](C(=O)NCc2ccc(F)cc2)c2ccccc2)n1. The molecule has 0 spiro atoms. The second kappa shape index (κ2) is 8.50. The Kier molecular flexibility index (Phi) is 5.87. The number of nitrogen functional groups attached to an aromatic ring is 1. The number of rotatable bonds is 6. The number of hydrogen-bond acceptors (Lipinski definition) is 5. The molecule has 27 heavy (non-hydrogen) atoms. The molecule has 1 amide bonds. The molecule has 3 aromatic rings. The van der Waals surface area contributed by atoms with Gasteiger partial charge < -0.3 is 16.0 Å². The first kappa shape index (κ1) is 18.7. The summed E-state index contributed by atoms with van der Waals surface area (Å²) in [7, 11) is 0. The average molecular weight is 384 g/mol. The van der Waals surface area contributed by atoms with Crippen LogP contribution in [0.3, 0.4) is 0 Å². The predicted octanol–water partition coefficient (Wildman–Crippen LogP) is 2.64. The Balaban J connectivity index is 1.79. The molecule has 0 bridgehead atoms. The molecule has 2 aromatic carbocycles. The van der Waals surface area contributed by atoms with Crippen LogP contribution in [0, 0.1) is 5.82 Å². The lowest BCUT2D eigenvalue weighted by Crippen LogP contribution is -2.28. The molecule has 0 saturated carbocycles. The van der Waals surface area contributed by atoms with Crippen molar-refractivity contribution in [1.29, 1.82) is 0 Å². The first-order chi connectivity index (χ1) is 13.0. The highest BCUT2D eigenvalue weighted by Crippen LogP contribution is 2.33. The van der Waals surface area contributed by atoms with Gasteiger partial charge in [0.25, 0.3) is 5.56 Å². The van der Waals surface area contributed by atoms with E-state index in [0.29, 0.717) is 0 Å². The summed E-state index contributed by atoms with van der Waals surface area (Å²) >= 11 is 1.10. The van der Waals surface area contributed by atoms with E-state index in [9.17, 15) is 14.0 Å². The third-order valence-electron chi connectivity index (χ3n) is 3.69. The third kappa shape index (κ3) is 5.18. The number of benzene rings is 2. The minimum Gasteiger partial charge on any atom is -0.383 e. The first-order valence-corrected chi connectivity index (χ1v) is 9.00. The summed E-state index contributed by atoms with van der Waals surface area (Å²) in [6.45, 7) is 0.254. The summed E-state index contributed by atoms with van der Waals surface area (Å²) in [6.07, 6.45) is 0. The molecule has 0 fully saturated rings. The van der Waals surface area contributed by atoms with E-state index in [-0.39, 0.29) is 34.8 Å². The number of anilines is 1. The third-order valence-corrected chi connectivity index (χ3v) is 4.83. The van der Waals surface area contributed by atoms with Gasteiger partial charge in [-0.15, -0.1) is 0 Å². The van der Waals surface area contributed by atoms with Crippen molar-refractivity contribution in [3.05, 3.63) is 88.0 Å². The minimum atomic E-state index is -0.642. The van der Waals surface area contributed by atoms with Crippen molar-refractivity contribution in [2.24, 2.45) is 0 Å². The van der Waals surface area contributed by atoms with Crippen molar-refractivity contribution in [2.75, 3.05) is 5.73 Å². The molecule has 0 aliphatic rings. The van der Waals surface area contributed by atoms with Crippen molar-refractivity contribution in [1.82, 2.24) is 15.3 Å². The maximum atomic E-state index is 13.0. The molecule has 6 nitrogen and oxygen atoms in total. The number of nitrogens with two attached hydrogens (primary N) is 1. The first-order valence-electron chi connectivity index (χ1n) is 8.12. The zero-order valence-electron chi connectivity index (χ0n) is 14.2. The van der Waals surface area contributed by atoms with Gasteiger partial charge >= 0.3 is 0 Å². The quantitative estimate of drug-likeness (QED) is 0.448. The number of halogens is 1. The number of amides is 1. The molecule has 4 N–H and O–H groups in total. The number of carbonyl (C=O) groups is 1. The van der Waals surface area contributed by atoms with Crippen LogP contribution in [0.5, 0.6) is 0 Å². The van der Waals surface area contributed by atoms with Gasteiger partial charge in [0, 0.05) is 12.6 Å². The van der Waals surface area contributed by atoms with Crippen LogP contribution in [0.2, 0.25) is 0 Å². The number of carbonyl (C=O) groups excluding carboxylic acids is 1. The molecule has 0 saturated heterocycles. The van der Waals surface area contributed by atoms with Crippen molar-refractivity contribution in [3.8, 4) is 0 Å². The Labute approximate surface area is 159 Å².